The number of para-hydroxylation sites is 1. The number of aromatic nitrogens is 2. The van der Waals surface area contributed by atoms with Gasteiger partial charge in [-0.15, -0.1) is 0 Å². The summed E-state index contributed by atoms with van der Waals surface area (Å²) < 4.78 is 38.7. The van der Waals surface area contributed by atoms with E-state index >= 15 is 0 Å². The van der Waals surface area contributed by atoms with E-state index in [-0.39, 0.29) is 28.3 Å². The van der Waals surface area contributed by atoms with Crippen LogP contribution < -0.4 is 0 Å². The van der Waals surface area contributed by atoms with Crippen molar-refractivity contribution in [2.45, 2.75) is 31.9 Å². The normalized spacial score (nSPS) is 16.9. The number of carbonyl (C=O) groups excluding carboxylic acids is 1. The van der Waals surface area contributed by atoms with Crippen LogP contribution >= 0.6 is 0 Å². The number of halogens is 3. The Morgan fingerprint density at radius 2 is 1.95 bits per heavy atom. The van der Waals surface area contributed by atoms with Gasteiger partial charge in [0.2, 0.25) is 0 Å². The summed E-state index contributed by atoms with van der Waals surface area (Å²) in [5.74, 6) is -0.211. The standard InChI is InChI=1S/C14H13F3N2O/c15-14(16,17)10-7-3-6-9-11(10)18-19-12(9)13(20)8-4-1-2-5-8/h3,6-8H,1-2,4-5H2,(H,18,19). The third kappa shape index (κ3) is 2.09. The van der Waals surface area contributed by atoms with Crippen molar-refractivity contribution in [3.63, 3.8) is 0 Å². The monoisotopic (exact) mass is 282 g/mol. The number of carbonyl (C=O) groups is 1. The van der Waals surface area contributed by atoms with Crippen LogP contribution in [0.5, 0.6) is 0 Å². The van der Waals surface area contributed by atoms with Crippen LogP contribution in [0.4, 0.5) is 13.2 Å². The van der Waals surface area contributed by atoms with Crippen molar-refractivity contribution in [2.24, 2.45) is 5.92 Å². The van der Waals surface area contributed by atoms with Gasteiger partial charge in [-0.2, -0.15) is 18.3 Å². The molecule has 1 heterocycles. The van der Waals surface area contributed by atoms with Crippen molar-refractivity contribution in [3.8, 4) is 0 Å². The number of H-pyrrole nitrogens is 1. The first kappa shape index (κ1) is 13.1. The summed E-state index contributed by atoms with van der Waals surface area (Å²) in [6.45, 7) is 0. The fourth-order valence-electron chi connectivity index (χ4n) is 2.85. The van der Waals surface area contributed by atoms with Crippen LogP contribution in [0.3, 0.4) is 0 Å². The van der Waals surface area contributed by atoms with Crippen LogP contribution in [0.1, 0.15) is 41.7 Å². The van der Waals surface area contributed by atoms with Crippen molar-refractivity contribution >= 4 is 16.7 Å². The van der Waals surface area contributed by atoms with Gasteiger partial charge in [0.15, 0.2) is 5.78 Å². The molecule has 1 aliphatic carbocycles. The van der Waals surface area contributed by atoms with Gasteiger partial charge in [-0.3, -0.25) is 9.89 Å². The minimum absolute atomic E-state index is 0.0896. The largest absolute Gasteiger partial charge is 0.418 e. The predicted octanol–water partition coefficient (Wildman–Crippen LogP) is 3.95. The summed E-state index contributed by atoms with van der Waals surface area (Å²) in [7, 11) is 0. The summed E-state index contributed by atoms with van der Waals surface area (Å²) in [5, 5.41) is 6.48. The molecule has 2 aromatic rings. The molecule has 1 aromatic heterocycles. The fourth-order valence-corrected chi connectivity index (χ4v) is 2.85. The topological polar surface area (TPSA) is 45.8 Å². The van der Waals surface area contributed by atoms with Crippen molar-refractivity contribution in [1.82, 2.24) is 10.2 Å². The second kappa shape index (κ2) is 4.61. The molecule has 1 fully saturated rings. The number of fused-ring (bicyclic) bond motifs is 1. The van der Waals surface area contributed by atoms with Gasteiger partial charge >= 0.3 is 6.18 Å². The fraction of sp³-hybridized carbons (Fsp3) is 0.429. The molecule has 0 amide bonds. The van der Waals surface area contributed by atoms with Crippen molar-refractivity contribution < 1.29 is 18.0 Å². The van der Waals surface area contributed by atoms with Gasteiger partial charge in [0.05, 0.1) is 5.56 Å². The Balaban J connectivity index is 2.08. The Morgan fingerprint density at radius 3 is 2.60 bits per heavy atom. The highest BCUT2D eigenvalue weighted by Crippen LogP contribution is 2.36. The molecule has 1 N–H and O–H groups in total. The number of alkyl halides is 3. The van der Waals surface area contributed by atoms with Gasteiger partial charge in [0, 0.05) is 11.3 Å². The minimum atomic E-state index is -4.47. The number of ketones is 1. The Hall–Kier alpha value is -1.85. The number of rotatable bonds is 2. The SMILES string of the molecule is O=C(c1[nH]nc2c(C(F)(F)F)cccc12)C1CCCC1. The van der Waals surface area contributed by atoms with Crippen LogP contribution in [0.25, 0.3) is 10.9 Å². The number of Topliss-reactive ketones (excluding diaryl/α,β-unsaturated/α-hetero) is 1. The van der Waals surface area contributed by atoms with Crippen LogP contribution in [0.15, 0.2) is 18.2 Å². The molecule has 0 radical (unpaired) electrons. The summed E-state index contributed by atoms with van der Waals surface area (Å²) in [6, 6.07) is 3.80. The summed E-state index contributed by atoms with van der Waals surface area (Å²) in [6.07, 6.45) is -0.869. The average molecular weight is 282 g/mol. The van der Waals surface area contributed by atoms with Gasteiger partial charge in [0.25, 0.3) is 0 Å². The number of aromatic amines is 1. The van der Waals surface area contributed by atoms with E-state index in [2.05, 4.69) is 10.2 Å². The molecule has 1 aromatic carbocycles. The van der Waals surface area contributed by atoms with Crippen LogP contribution in [0, 0.1) is 5.92 Å². The number of hydrogen-bond acceptors (Lipinski definition) is 2. The van der Waals surface area contributed by atoms with E-state index < -0.39 is 11.7 Å². The first-order valence-corrected chi connectivity index (χ1v) is 6.57. The highest BCUT2D eigenvalue weighted by Gasteiger charge is 2.35. The van der Waals surface area contributed by atoms with E-state index in [1.807, 2.05) is 0 Å². The second-order valence-electron chi connectivity index (χ2n) is 5.14. The molecule has 0 spiro atoms. The Labute approximate surface area is 113 Å². The highest BCUT2D eigenvalue weighted by molar-refractivity contribution is 6.07. The van der Waals surface area contributed by atoms with Gasteiger partial charge in [-0.05, 0) is 18.9 Å². The molecular weight excluding hydrogens is 269 g/mol. The van der Waals surface area contributed by atoms with Gasteiger partial charge in [-0.25, -0.2) is 0 Å². The highest BCUT2D eigenvalue weighted by atomic mass is 19.4. The average Bonchev–Trinajstić information content (AvgIpc) is 3.05. The van der Waals surface area contributed by atoms with Crippen molar-refractivity contribution in [2.75, 3.05) is 0 Å². The van der Waals surface area contributed by atoms with Crippen molar-refractivity contribution in [1.29, 1.82) is 0 Å². The van der Waals surface area contributed by atoms with Crippen LogP contribution in [0.2, 0.25) is 0 Å². The van der Waals surface area contributed by atoms with E-state index in [0.717, 1.165) is 31.7 Å². The summed E-state index contributed by atoms with van der Waals surface area (Å²) in [4.78, 5) is 12.3. The maximum Gasteiger partial charge on any atom is 0.418 e. The van der Waals surface area contributed by atoms with E-state index in [1.54, 1.807) is 0 Å². The van der Waals surface area contributed by atoms with Gasteiger partial charge in [0.1, 0.15) is 11.2 Å². The lowest BCUT2D eigenvalue weighted by molar-refractivity contribution is -0.136. The van der Waals surface area contributed by atoms with Crippen molar-refractivity contribution in [3.05, 3.63) is 29.5 Å². The number of hydrogen-bond donors (Lipinski definition) is 1. The Kier molecular flexibility index (Phi) is 3.03. The van der Waals surface area contributed by atoms with E-state index in [0.29, 0.717) is 0 Å². The summed E-state index contributed by atoms with van der Waals surface area (Å²) in [5.41, 5.74) is -0.781. The molecule has 3 nitrogen and oxygen atoms in total. The van der Waals surface area contributed by atoms with Gasteiger partial charge in [-0.1, -0.05) is 25.0 Å². The molecule has 6 heteroatoms. The predicted molar refractivity (Wildman–Crippen MR) is 67.4 cm³/mol. The zero-order valence-corrected chi connectivity index (χ0v) is 10.6. The maximum absolute atomic E-state index is 12.9. The molecule has 0 saturated heterocycles. The molecule has 1 aliphatic rings. The number of nitrogens with one attached hydrogen (secondary N) is 1. The zero-order valence-electron chi connectivity index (χ0n) is 10.6. The third-order valence-corrected chi connectivity index (χ3v) is 3.86. The van der Waals surface area contributed by atoms with Crippen LogP contribution in [-0.2, 0) is 6.18 Å². The lowest BCUT2D eigenvalue weighted by Gasteiger charge is -2.08. The molecule has 0 unspecified atom stereocenters. The zero-order chi connectivity index (χ0) is 14.3. The molecule has 0 bridgehead atoms. The number of nitrogens with zero attached hydrogens (tertiary/aromatic N) is 1. The molecule has 20 heavy (non-hydrogen) atoms. The molecule has 1 saturated carbocycles. The Bertz CT molecular complexity index is 654. The first-order valence-electron chi connectivity index (χ1n) is 6.57. The first-order chi connectivity index (χ1) is 9.48. The lowest BCUT2D eigenvalue weighted by atomic mass is 9.97. The molecule has 0 aliphatic heterocycles. The van der Waals surface area contributed by atoms with Gasteiger partial charge < -0.3 is 0 Å². The van der Waals surface area contributed by atoms with E-state index in [1.165, 1.54) is 12.1 Å². The maximum atomic E-state index is 12.9. The molecular formula is C14H13F3N2O. The Morgan fingerprint density at radius 1 is 1.25 bits per heavy atom. The third-order valence-electron chi connectivity index (χ3n) is 3.86. The smallest absolute Gasteiger partial charge is 0.292 e. The number of benzene rings is 1. The van der Waals surface area contributed by atoms with Crippen LogP contribution in [-0.4, -0.2) is 16.0 Å². The second-order valence-corrected chi connectivity index (χ2v) is 5.14. The molecule has 106 valence electrons. The quantitative estimate of drug-likeness (QED) is 0.847. The minimum Gasteiger partial charge on any atom is -0.292 e. The lowest BCUT2D eigenvalue weighted by Crippen LogP contribution is -2.11. The molecule has 3 rings (SSSR count). The summed E-state index contributed by atoms with van der Waals surface area (Å²) >= 11 is 0. The van der Waals surface area contributed by atoms with E-state index in [9.17, 15) is 18.0 Å². The molecule has 0 atom stereocenters. The van der Waals surface area contributed by atoms with E-state index in [4.69, 9.17) is 0 Å².